The van der Waals surface area contributed by atoms with Gasteiger partial charge in [0.2, 0.25) is 5.91 Å². The van der Waals surface area contributed by atoms with Crippen LogP contribution in [0.15, 0.2) is 30.3 Å². The fourth-order valence-corrected chi connectivity index (χ4v) is 2.76. The average molecular weight is 290 g/mol. The fourth-order valence-electron chi connectivity index (χ4n) is 2.76. The Balaban J connectivity index is 1.80. The monoisotopic (exact) mass is 290 g/mol. The minimum Gasteiger partial charge on any atom is -0.481 e. The molecule has 1 aromatic rings. The van der Waals surface area contributed by atoms with Gasteiger partial charge in [0, 0.05) is 32.0 Å². The van der Waals surface area contributed by atoms with Gasteiger partial charge >= 0.3 is 5.97 Å². The van der Waals surface area contributed by atoms with Crippen LogP contribution in [0.3, 0.4) is 0 Å². The standard InChI is InChI=1S/C16H22N2O3/c17-14(13-4-2-1-3-5-13)10-15(19)18-9-8-12(11-18)6-7-16(20)21/h1-5,12,14H,6-11,17H2,(H,20,21). The lowest BCUT2D eigenvalue weighted by Crippen LogP contribution is -2.31. The van der Waals surface area contributed by atoms with Crippen molar-refractivity contribution >= 4 is 11.9 Å². The number of carboxylic acid groups (broad SMARTS) is 1. The quantitative estimate of drug-likeness (QED) is 0.836. The third-order valence-corrected chi connectivity index (χ3v) is 4.03. The number of rotatable bonds is 6. The second-order valence-electron chi connectivity index (χ2n) is 5.65. The summed E-state index contributed by atoms with van der Waals surface area (Å²) >= 11 is 0. The molecule has 2 atom stereocenters. The molecule has 0 bridgehead atoms. The van der Waals surface area contributed by atoms with E-state index in [1.165, 1.54) is 0 Å². The van der Waals surface area contributed by atoms with E-state index >= 15 is 0 Å². The van der Waals surface area contributed by atoms with Crippen molar-refractivity contribution < 1.29 is 14.7 Å². The number of likely N-dealkylation sites (tertiary alicyclic amines) is 1. The van der Waals surface area contributed by atoms with E-state index in [1.807, 2.05) is 35.2 Å². The Morgan fingerprint density at radius 1 is 1.33 bits per heavy atom. The van der Waals surface area contributed by atoms with Crippen molar-refractivity contribution in [3.05, 3.63) is 35.9 Å². The van der Waals surface area contributed by atoms with Gasteiger partial charge in [-0.2, -0.15) is 0 Å². The van der Waals surface area contributed by atoms with Crippen LogP contribution < -0.4 is 5.73 Å². The van der Waals surface area contributed by atoms with Crippen molar-refractivity contribution in [2.45, 2.75) is 31.7 Å². The van der Waals surface area contributed by atoms with E-state index in [2.05, 4.69) is 0 Å². The number of nitrogens with two attached hydrogens (primary N) is 1. The number of hydrogen-bond acceptors (Lipinski definition) is 3. The molecule has 1 heterocycles. The van der Waals surface area contributed by atoms with Crippen LogP contribution in [0.5, 0.6) is 0 Å². The number of carbonyl (C=O) groups is 2. The molecule has 3 N–H and O–H groups in total. The number of hydrogen-bond donors (Lipinski definition) is 2. The fraction of sp³-hybridized carbons (Fsp3) is 0.500. The second kappa shape index (κ2) is 7.22. The van der Waals surface area contributed by atoms with Crippen molar-refractivity contribution in [3.63, 3.8) is 0 Å². The third kappa shape index (κ3) is 4.56. The van der Waals surface area contributed by atoms with Crippen molar-refractivity contribution in [1.29, 1.82) is 0 Å². The van der Waals surface area contributed by atoms with E-state index in [0.29, 0.717) is 31.8 Å². The molecule has 5 heteroatoms. The first-order valence-corrected chi connectivity index (χ1v) is 7.36. The van der Waals surface area contributed by atoms with E-state index < -0.39 is 5.97 Å². The van der Waals surface area contributed by atoms with Crippen molar-refractivity contribution in [2.24, 2.45) is 11.7 Å². The third-order valence-electron chi connectivity index (χ3n) is 4.03. The zero-order valence-electron chi connectivity index (χ0n) is 12.1. The lowest BCUT2D eigenvalue weighted by atomic mass is 10.0. The molecule has 1 amide bonds. The SMILES string of the molecule is NC(CC(=O)N1CCC(CCC(=O)O)C1)c1ccccc1. The van der Waals surface area contributed by atoms with Crippen molar-refractivity contribution in [3.8, 4) is 0 Å². The molecular formula is C16H22N2O3. The molecule has 0 spiro atoms. The minimum atomic E-state index is -0.772. The lowest BCUT2D eigenvalue weighted by molar-refractivity contribution is -0.137. The Hall–Kier alpha value is -1.88. The average Bonchev–Trinajstić information content (AvgIpc) is 2.95. The molecule has 1 fully saturated rings. The van der Waals surface area contributed by atoms with Crippen LogP contribution in [0.1, 0.15) is 37.3 Å². The smallest absolute Gasteiger partial charge is 0.303 e. The van der Waals surface area contributed by atoms with Crippen LogP contribution in [0.2, 0.25) is 0 Å². The lowest BCUT2D eigenvalue weighted by Gasteiger charge is -2.19. The van der Waals surface area contributed by atoms with Crippen molar-refractivity contribution in [2.75, 3.05) is 13.1 Å². The molecule has 21 heavy (non-hydrogen) atoms. The molecule has 0 saturated carbocycles. The van der Waals surface area contributed by atoms with Gasteiger partial charge in [-0.15, -0.1) is 0 Å². The topological polar surface area (TPSA) is 83.6 Å². The number of aliphatic carboxylic acids is 1. The van der Waals surface area contributed by atoms with E-state index in [-0.39, 0.29) is 18.4 Å². The summed E-state index contributed by atoms with van der Waals surface area (Å²) in [6.07, 6.45) is 2.01. The zero-order valence-corrected chi connectivity index (χ0v) is 12.1. The zero-order chi connectivity index (χ0) is 15.2. The Morgan fingerprint density at radius 2 is 2.05 bits per heavy atom. The highest BCUT2D eigenvalue weighted by molar-refractivity contribution is 5.77. The van der Waals surface area contributed by atoms with Crippen LogP contribution in [0.25, 0.3) is 0 Å². The molecule has 5 nitrogen and oxygen atoms in total. The first-order valence-electron chi connectivity index (χ1n) is 7.36. The number of carbonyl (C=O) groups excluding carboxylic acids is 1. The Labute approximate surface area is 124 Å². The van der Waals surface area contributed by atoms with Crippen LogP contribution >= 0.6 is 0 Å². The summed E-state index contributed by atoms with van der Waals surface area (Å²) in [5, 5.41) is 8.70. The Kier molecular flexibility index (Phi) is 5.33. The summed E-state index contributed by atoms with van der Waals surface area (Å²) in [6.45, 7) is 1.37. The molecule has 0 radical (unpaired) electrons. The van der Waals surface area contributed by atoms with Crippen LogP contribution in [0.4, 0.5) is 0 Å². The van der Waals surface area contributed by atoms with Crippen LogP contribution in [-0.4, -0.2) is 35.0 Å². The number of amides is 1. The normalized spacial score (nSPS) is 19.5. The second-order valence-corrected chi connectivity index (χ2v) is 5.65. The predicted octanol–water partition coefficient (Wildman–Crippen LogP) is 1.79. The van der Waals surface area contributed by atoms with Gasteiger partial charge in [-0.05, 0) is 24.3 Å². The predicted molar refractivity (Wildman–Crippen MR) is 79.5 cm³/mol. The molecular weight excluding hydrogens is 268 g/mol. The molecule has 1 aliphatic heterocycles. The van der Waals surface area contributed by atoms with Gasteiger partial charge in [0.1, 0.15) is 0 Å². The first kappa shape index (κ1) is 15.5. The maximum Gasteiger partial charge on any atom is 0.303 e. The summed E-state index contributed by atoms with van der Waals surface area (Å²) < 4.78 is 0. The first-order chi connectivity index (χ1) is 10.1. The van der Waals surface area contributed by atoms with Gasteiger partial charge in [0.25, 0.3) is 0 Å². The molecule has 0 aliphatic carbocycles. The van der Waals surface area contributed by atoms with Gasteiger partial charge in [-0.25, -0.2) is 0 Å². The Bertz CT molecular complexity index is 490. The molecule has 2 rings (SSSR count). The maximum absolute atomic E-state index is 12.2. The molecule has 114 valence electrons. The van der Waals surface area contributed by atoms with E-state index in [9.17, 15) is 9.59 Å². The summed E-state index contributed by atoms with van der Waals surface area (Å²) in [4.78, 5) is 24.6. The molecule has 1 aliphatic rings. The Morgan fingerprint density at radius 3 is 2.71 bits per heavy atom. The maximum atomic E-state index is 12.2. The minimum absolute atomic E-state index is 0.0594. The van der Waals surface area contributed by atoms with E-state index in [0.717, 1.165) is 12.0 Å². The van der Waals surface area contributed by atoms with Gasteiger partial charge in [-0.3, -0.25) is 9.59 Å². The molecule has 0 aromatic heterocycles. The van der Waals surface area contributed by atoms with E-state index in [4.69, 9.17) is 10.8 Å². The van der Waals surface area contributed by atoms with E-state index in [1.54, 1.807) is 0 Å². The number of nitrogens with zero attached hydrogens (tertiary/aromatic N) is 1. The summed E-state index contributed by atoms with van der Waals surface area (Å²) in [6, 6.07) is 9.33. The van der Waals surface area contributed by atoms with Gasteiger partial charge in [-0.1, -0.05) is 30.3 Å². The highest BCUT2D eigenvalue weighted by Crippen LogP contribution is 2.23. The van der Waals surface area contributed by atoms with Crippen LogP contribution in [0, 0.1) is 5.92 Å². The molecule has 2 unspecified atom stereocenters. The van der Waals surface area contributed by atoms with Gasteiger partial charge < -0.3 is 15.7 Å². The van der Waals surface area contributed by atoms with Gasteiger partial charge in [0.05, 0.1) is 0 Å². The largest absolute Gasteiger partial charge is 0.481 e. The van der Waals surface area contributed by atoms with Crippen LogP contribution in [-0.2, 0) is 9.59 Å². The van der Waals surface area contributed by atoms with Crippen molar-refractivity contribution in [1.82, 2.24) is 4.90 Å². The molecule has 1 aromatic carbocycles. The summed E-state index contributed by atoms with van der Waals surface area (Å²) in [5.41, 5.74) is 7.04. The highest BCUT2D eigenvalue weighted by atomic mass is 16.4. The van der Waals surface area contributed by atoms with Gasteiger partial charge in [0.15, 0.2) is 0 Å². The number of benzene rings is 1. The summed E-state index contributed by atoms with van der Waals surface area (Å²) in [7, 11) is 0. The molecule has 1 saturated heterocycles. The summed E-state index contributed by atoms with van der Waals surface area (Å²) in [5.74, 6) is -0.409. The number of carboxylic acids is 1. The highest BCUT2D eigenvalue weighted by Gasteiger charge is 2.27.